The molecule has 0 aliphatic heterocycles. The molecule has 354 valence electrons. The molecule has 0 fully saturated rings. The number of aromatic nitrogens is 3. The molecule has 5 nitrogen and oxygen atoms in total. The number of benzene rings is 9. The summed E-state index contributed by atoms with van der Waals surface area (Å²) in [4.78, 5) is 31.2. The van der Waals surface area contributed by atoms with Crippen molar-refractivity contribution in [2.45, 2.75) is 61.7 Å². The lowest BCUT2D eigenvalue weighted by Gasteiger charge is -2.47. The Labute approximate surface area is 429 Å². The van der Waals surface area contributed by atoms with Crippen molar-refractivity contribution < 1.29 is 9.53 Å². The fourth-order valence-corrected chi connectivity index (χ4v) is 14.6. The van der Waals surface area contributed by atoms with Crippen LogP contribution in [0.4, 0.5) is 0 Å². The van der Waals surface area contributed by atoms with E-state index in [4.69, 9.17) is 19.7 Å². The van der Waals surface area contributed by atoms with Crippen LogP contribution in [0.3, 0.4) is 0 Å². The number of hydrogen-bond donors (Lipinski definition) is 0. The Bertz CT molecular complexity index is 4390. The average Bonchev–Trinajstić information content (AvgIpc) is 4.05. The van der Waals surface area contributed by atoms with Crippen LogP contribution in [0.2, 0.25) is 0 Å². The molecular formula is C69H51N3O2. The maximum absolute atomic E-state index is 14.0. The van der Waals surface area contributed by atoms with Gasteiger partial charge in [0.15, 0.2) is 0 Å². The summed E-state index contributed by atoms with van der Waals surface area (Å²) in [5.41, 5.74) is 15.1. The van der Waals surface area contributed by atoms with Gasteiger partial charge in [-0.15, -0.1) is 0 Å². The summed E-state index contributed by atoms with van der Waals surface area (Å²) in [5.74, 6) is -0.222. The van der Waals surface area contributed by atoms with Crippen LogP contribution >= 0.6 is 0 Å². The van der Waals surface area contributed by atoms with Gasteiger partial charge in [0.05, 0.1) is 40.7 Å². The Kier molecular flexibility index (Phi) is 9.30. The van der Waals surface area contributed by atoms with Crippen molar-refractivity contribution in [2.75, 3.05) is 7.11 Å². The van der Waals surface area contributed by atoms with Crippen LogP contribution in [0.15, 0.2) is 200 Å². The minimum absolute atomic E-state index is 0.222. The van der Waals surface area contributed by atoms with Gasteiger partial charge < -0.3 is 4.74 Å². The molecular weight excluding hydrogens is 903 g/mol. The van der Waals surface area contributed by atoms with E-state index in [2.05, 4.69) is 207 Å². The number of fused-ring (bicyclic) bond motifs is 18. The quantitative estimate of drug-likeness (QED) is 0.135. The van der Waals surface area contributed by atoms with Crippen LogP contribution in [0, 0.1) is 0 Å². The summed E-state index contributed by atoms with van der Waals surface area (Å²) < 4.78 is 5.61. The molecule has 15 rings (SSSR count). The van der Waals surface area contributed by atoms with Gasteiger partial charge in [0.25, 0.3) is 0 Å². The molecule has 3 unspecified atom stereocenters. The molecule has 0 bridgehead atoms. The maximum atomic E-state index is 14.0. The van der Waals surface area contributed by atoms with E-state index >= 15 is 0 Å². The first kappa shape index (κ1) is 43.1. The number of carbonyl (C=O) groups is 1. The molecule has 9 aromatic carbocycles. The highest BCUT2D eigenvalue weighted by Crippen LogP contribution is 2.68. The number of para-hydroxylation sites is 3. The third kappa shape index (κ3) is 5.92. The summed E-state index contributed by atoms with van der Waals surface area (Å²) >= 11 is 0. The highest BCUT2D eigenvalue weighted by atomic mass is 16.5. The molecule has 0 amide bonds. The van der Waals surface area contributed by atoms with E-state index in [1.807, 2.05) is 0 Å². The zero-order valence-corrected chi connectivity index (χ0v) is 41.5. The standard InChI is InChI=1S/C69H51N3O2/c1-3-35-67(51-31-28-42-16-4-10-22-48(42)61(51)64-54(67)37-45-19-7-13-25-57(45)70-64)40-69(53-33-30-44-18-6-12-24-50(44)63(53)66-56(69)39-47-21-9-15-27-59(47)72-66)41-68(36-34-60(73)74-2)52-32-29-43-17-5-11-23-49(43)62(52)65-55(68)38-46-20-8-14-26-58(46)71-65/h4-33,37-39H,3,34-36,40-41H2,1-2H3. The molecule has 3 heterocycles. The number of hydrogen-bond acceptors (Lipinski definition) is 5. The summed E-state index contributed by atoms with van der Waals surface area (Å²) in [7, 11) is 1.52. The summed E-state index contributed by atoms with van der Waals surface area (Å²) in [6, 6.07) is 73.9. The Balaban J connectivity index is 1.12. The molecule has 0 saturated carbocycles. The third-order valence-corrected chi connectivity index (χ3v) is 17.6. The van der Waals surface area contributed by atoms with Gasteiger partial charge in [0.1, 0.15) is 0 Å². The largest absolute Gasteiger partial charge is 0.469 e. The second kappa shape index (κ2) is 16.0. The van der Waals surface area contributed by atoms with E-state index in [0.29, 0.717) is 12.8 Å². The number of esters is 1. The predicted molar refractivity (Wildman–Crippen MR) is 302 cm³/mol. The second-order valence-electron chi connectivity index (χ2n) is 21.3. The number of nitrogens with zero attached hydrogens (tertiary/aromatic N) is 3. The van der Waals surface area contributed by atoms with E-state index in [0.717, 1.165) is 85.6 Å². The normalized spacial score (nSPS) is 18.9. The van der Waals surface area contributed by atoms with Gasteiger partial charge in [-0.1, -0.05) is 177 Å². The van der Waals surface area contributed by atoms with Gasteiger partial charge in [0.2, 0.25) is 0 Å². The third-order valence-electron chi connectivity index (χ3n) is 17.6. The molecule has 3 aromatic heterocycles. The van der Waals surface area contributed by atoms with Crippen LogP contribution in [0.5, 0.6) is 0 Å². The van der Waals surface area contributed by atoms with Crippen LogP contribution < -0.4 is 0 Å². The molecule has 0 N–H and O–H groups in total. The number of rotatable bonds is 9. The average molecular weight is 954 g/mol. The summed E-state index contributed by atoms with van der Waals surface area (Å²) in [6.07, 6.45) is 3.95. The van der Waals surface area contributed by atoms with Gasteiger partial charge in [0, 0.05) is 55.5 Å². The van der Waals surface area contributed by atoms with E-state index in [1.54, 1.807) is 0 Å². The van der Waals surface area contributed by atoms with Crippen molar-refractivity contribution in [3.05, 3.63) is 234 Å². The van der Waals surface area contributed by atoms with Gasteiger partial charge in [-0.3, -0.25) is 4.79 Å². The second-order valence-corrected chi connectivity index (χ2v) is 21.3. The molecule has 3 aliphatic rings. The van der Waals surface area contributed by atoms with E-state index in [-0.39, 0.29) is 12.4 Å². The lowest BCUT2D eigenvalue weighted by atomic mass is 9.54. The first-order valence-corrected chi connectivity index (χ1v) is 26.3. The Morgan fingerprint density at radius 3 is 1.12 bits per heavy atom. The lowest BCUT2D eigenvalue weighted by molar-refractivity contribution is -0.141. The molecule has 74 heavy (non-hydrogen) atoms. The van der Waals surface area contributed by atoms with Crippen molar-refractivity contribution in [3.63, 3.8) is 0 Å². The minimum atomic E-state index is -0.737. The zero-order chi connectivity index (χ0) is 49.3. The topological polar surface area (TPSA) is 65.0 Å². The smallest absolute Gasteiger partial charge is 0.305 e. The van der Waals surface area contributed by atoms with Gasteiger partial charge in [-0.05, 0) is 128 Å². The number of pyridine rings is 3. The summed E-state index contributed by atoms with van der Waals surface area (Å²) in [6.45, 7) is 2.35. The Hall–Kier alpha value is -8.54. The summed E-state index contributed by atoms with van der Waals surface area (Å²) in [5, 5.41) is 10.5. The van der Waals surface area contributed by atoms with E-state index in [9.17, 15) is 4.79 Å². The fraction of sp³-hybridized carbons (Fsp3) is 0.159. The predicted octanol–water partition coefficient (Wildman–Crippen LogP) is 16.5. The maximum Gasteiger partial charge on any atom is 0.305 e. The van der Waals surface area contributed by atoms with Crippen LogP contribution in [0.1, 0.15) is 78.8 Å². The molecule has 12 aromatic rings. The Morgan fingerprint density at radius 1 is 0.392 bits per heavy atom. The fourth-order valence-electron chi connectivity index (χ4n) is 14.6. The van der Waals surface area contributed by atoms with Crippen molar-refractivity contribution in [3.8, 4) is 33.8 Å². The Morgan fingerprint density at radius 2 is 0.730 bits per heavy atom. The van der Waals surface area contributed by atoms with Crippen LogP contribution in [-0.4, -0.2) is 28.0 Å². The van der Waals surface area contributed by atoms with Crippen LogP contribution in [0.25, 0.3) is 98.8 Å². The number of carbonyl (C=O) groups excluding carboxylic acids is 1. The number of methoxy groups -OCH3 is 1. The SMILES string of the molecule is CCCC1(CC2(CC3(CCC(=O)OC)c4cc5ccccc5nc4-c4c3ccc3ccccc43)c3cc4ccccc4nc3-c3c2ccc2ccccc32)c2cc3ccccc3nc2-c2c1ccc1ccccc21. The monoisotopic (exact) mass is 953 g/mol. The van der Waals surface area contributed by atoms with Crippen molar-refractivity contribution >= 4 is 71.0 Å². The number of ether oxygens (including phenoxy) is 1. The zero-order valence-electron chi connectivity index (χ0n) is 41.5. The minimum Gasteiger partial charge on any atom is -0.469 e. The highest BCUT2D eigenvalue weighted by Gasteiger charge is 2.59. The van der Waals surface area contributed by atoms with Crippen LogP contribution in [-0.2, 0) is 25.8 Å². The molecule has 3 atom stereocenters. The first-order chi connectivity index (χ1) is 36.4. The van der Waals surface area contributed by atoms with Crippen molar-refractivity contribution in [2.24, 2.45) is 0 Å². The molecule has 0 spiro atoms. The lowest BCUT2D eigenvalue weighted by Crippen LogP contribution is -2.43. The molecule has 5 heteroatoms. The van der Waals surface area contributed by atoms with Crippen molar-refractivity contribution in [1.82, 2.24) is 15.0 Å². The van der Waals surface area contributed by atoms with Gasteiger partial charge >= 0.3 is 5.97 Å². The molecule has 0 saturated heterocycles. The van der Waals surface area contributed by atoms with E-state index in [1.165, 1.54) is 73.0 Å². The molecule has 3 aliphatic carbocycles. The highest BCUT2D eigenvalue weighted by molar-refractivity contribution is 6.07. The van der Waals surface area contributed by atoms with Gasteiger partial charge in [-0.25, -0.2) is 15.0 Å². The van der Waals surface area contributed by atoms with E-state index < -0.39 is 16.2 Å². The van der Waals surface area contributed by atoms with Gasteiger partial charge in [-0.2, -0.15) is 0 Å². The molecule has 0 radical (unpaired) electrons. The first-order valence-electron chi connectivity index (χ1n) is 26.3. The van der Waals surface area contributed by atoms with Crippen molar-refractivity contribution in [1.29, 1.82) is 0 Å².